The minimum atomic E-state index is 0.240. The van der Waals surface area contributed by atoms with Crippen molar-refractivity contribution in [1.82, 2.24) is 19.9 Å². The Bertz CT molecular complexity index is 467. The minimum absolute atomic E-state index is 0.240. The Morgan fingerprint density at radius 3 is 3.14 bits per heavy atom. The van der Waals surface area contributed by atoms with Gasteiger partial charge in [-0.3, -0.25) is 0 Å². The molecule has 5 nitrogen and oxygen atoms in total. The van der Waals surface area contributed by atoms with Crippen molar-refractivity contribution in [3.63, 3.8) is 0 Å². The molecular weight excluding hydrogens is 180 g/mol. The normalized spacial score (nSPS) is 25.5. The van der Waals surface area contributed by atoms with E-state index in [4.69, 9.17) is 5.11 Å². The first-order chi connectivity index (χ1) is 6.90. The number of hydrogen-bond acceptors (Lipinski definition) is 4. The number of nitrogens with zero attached hydrogens (tertiary/aromatic N) is 3. The zero-order valence-electron chi connectivity index (χ0n) is 7.51. The second kappa shape index (κ2) is 2.75. The van der Waals surface area contributed by atoms with Crippen molar-refractivity contribution in [1.29, 1.82) is 0 Å². The largest absolute Gasteiger partial charge is 0.396 e. The van der Waals surface area contributed by atoms with Crippen molar-refractivity contribution in [2.24, 2.45) is 5.92 Å². The molecule has 2 N–H and O–H groups in total. The molecule has 1 aliphatic rings. The fraction of sp³-hybridized carbons (Fsp3) is 0.444. The highest BCUT2D eigenvalue weighted by atomic mass is 16.3. The standard InChI is InChI=1S/C9H10N4O/c14-2-5-1-6(5)7-8-9(12-3-10-7)13-4-11-8/h3-6,14H,1-2H2,(H,10,11,12,13). The van der Waals surface area contributed by atoms with Crippen molar-refractivity contribution >= 4 is 11.2 Å². The van der Waals surface area contributed by atoms with Gasteiger partial charge in [0.25, 0.3) is 0 Å². The third-order valence-corrected chi connectivity index (χ3v) is 2.76. The lowest BCUT2D eigenvalue weighted by Gasteiger charge is -1.98. The number of hydrogen-bond donors (Lipinski definition) is 2. The van der Waals surface area contributed by atoms with E-state index in [9.17, 15) is 0 Å². The third kappa shape index (κ3) is 1.02. The second-order valence-electron chi connectivity index (χ2n) is 3.64. The molecule has 0 radical (unpaired) electrons. The molecule has 2 aromatic heterocycles. The molecule has 2 heterocycles. The maximum absolute atomic E-state index is 8.99. The van der Waals surface area contributed by atoms with E-state index >= 15 is 0 Å². The highest BCUT2D eigenvalue weighted by molar-refractivity contribution is 5.73. The van der Waals surface area contributed by atoms with Crippen LogP contribution in [0.4, 0.5) is 0 Å². The van der Waals surface area contributed by atoms with Crippen molar-refractivity contribution in [2.45, 2.75) is 12.3 Å². The average Bonchev–Trinajstić information content (AvgIpc) is 2.85. The van der Waals surface area contributed by atoms with Gasteiger partial charge in [0.15, 0.2) is 5.65 Å². The summed E-state index contributed by atoms with van der Waals surface area (Å²) >= 11 is 0. The molecule has 0 spiro atoms. The number of fused-ring (bicyclic) bond motifs is 1. The van der Waals surface area contributed by atoms with Crippen LogP contribution in [0.1, 0.15) is 18.0 Å². The van der Waals surface area contributed by atoms with Crippen LogP contribution in [0.5, 0.6) is 0 Å². The fourth-order valence-electron chi connectivity index (χ4n) is 1.85. The third-order valence-electron chi connectivity index (χ3n) is 2.76. The van der Waals surface area contributed by atoms with Gasteiger partial charge in [0.2, 0.25) is 0 Å². The molecule has 0 aromatic carbocycles. The molecule has 0 aliphatic heterocycles. The van der Waals surface area contributed by atoms with Gasteiger partial charge in [0.1, 0.15) is 11.8 Å². The summed E-state index contributed by atoms with van der Waals surface area (Å²) in [6.45, 7) is 0.240. The fourth-order valence-corrected chi connectivity index (χ4v) is 1.85. The molecule has 1 aliphatic carbocycles. The average molecular weight is 190 g/mol. The second-order valence-corrected chi connectivity index (χ2v) is 3.64. The van der Waals surface area contributed by atoms with Crippen molar-refractivity contribution in [3.05, 3.63) is 18.3 Å². The molecule has 2 unspecified atom stereocenters. The Morgan fingerprint density at radius 2 is 2.36 bits per heavy atom. The van der Waals surface area contributed by atoms with Gasteiger partial charge in [0.05, 0.1) is 12.0 Å². The van der Waals surface area contributed by atoms with Gasteiger partial charge >= 0.3 is 0 Å². The molecule has 1 saturated carbocycles. The number of aliphatic hydroxyl groups is 1. The van der Waals surface area contributed by atoms with Crippen molar-refractivity contribution < 1.29 is 5.11 Å². The highest BCUT2D eigenvalue weighted by Crippen LogP contribution is 2.47. The van der Waals surface area contributed by atoms with E-state index in [1.165, 1.54) is 6.33 Å². The van der Waals surface area contributed by atoms with Crippen LogP contribution in [0, 0.1) is 5.92 Å². The Morgan fingerprint density at radius 1 is 1.43 bits per heavy atom. The number of aromatic nitrogens is 4. The zero-order valence-corrected chi connectivity index (χ0v) is 7.51. The molecule has 72 valence electrons. The van der Waals surface area contributed by atoms with Gasteiger partial charge in [-0.15, -0.1) is 0 Å². The smallest absolute Gasteiger partial charge is 0.180 e. The minimum Gasteiger partial charge on any atom is -0.396 e. The highest BCUT2D eigenvalue weighted by Gasteiger charge is 2.40. The summed E-state index contributed by atoms with van der Waals surface area (Å²) in [6.07, 6.45) is 4.17. The monoisotopic (exact) mass is 190 g/mol. The van der Waals surface area contributed by atoms with E-state index in [2.05, 4.69) is 19.9 Å². The van der Waals surface area contributed by atoms with E-state index in [0.29, 0.717) is 17.5 Å². The molecule has 0 bridgehead atoms. The van der Waals surface area contributed by atoms with Crippen LogP contribution >= 0.6 is 0 Å². The SMILES string of the molecule is OCC1CC1c1ncnc2nc[nH]c12. The maximum atomic E-state index is 8.99. The van der Waals surface area contributed by atoms with Crippen LogP contribution < -0.4 is 0 Å². The van der Waals surface area contributed by atoms with Gasteiger partial charge in [-0.1, -0.05) is 0 Å². The van der Waals surface area contributed by atoms with Crippen LogP contribution in [-0.4, -0.2) is 31.6 Å². The zero-order chi connectivity index (χ0) is 9.54. The van der Waals surface area contributed by atoms with Crippen molar-refractivity contribution in [2.75, 3.05) is 6.61 Å². The van der Waals surface area contributed by atoms with Crippen LogP contribution in [0.3, 0.4) is 0 Å². The Kier molecular flexibility index (Phi) is 1.55. The molecule has 14 heavy (non-hydrogen) atoms. The summed E-state index contributed by atoms with van der Waals surface area (Å²) in [4.78, 5) is 15.4. The van der Waals surface area contributed by atoms with Crippen LogP contribution in [0.15, 0.2) is 12.7 Å². The van der Waals surface area contributed by atoms with E-state index < -0.39 is 0 Å². The number of imidazole rings is 1. The molecule has 2 aromatic rings. The molecule has 2 atom stereocenters. The molecule has 3 rings (SSSR count). The first-order valence-corrected chi connectivity index (χ1v) is 4.65. The van der Waals surface area contributed by atoms with Gasteiger partial charge in [0, 0.05) is 12.5 Å². The number of nitrogens with one attached hydrogen (secondary N) is 1. The lowest BCUT2D eigenvalue weighted by Crippen LogP contribution is -1.94. The Balaban J connectivity index is 2.08. The summed E-state index contributed by atoms with van der Waals surface area (Å²) in [5.41, 5.74) is 2.61. The lowest BCUT2D eigenvalue weighted by molar-refractivity contribution is 0.274. The number of aromatic amines is 1. The Labute approximate surface area is 80.2 Å². The van der Waals surface area contributed by atoms with Gasteiger partial charge in [-0.05, 0) is 12.3 Å². The first-order valence-electron chi connectivity index (χ1n) is 4.65. The van der Waals surface area contributed by atoms with Gasteiger partial charge in [-0.2, -0.15) is 0 Å². The van der Waals surface area contributed by atoms with Crippen LogP contribution in [-0.2, 0) is 0 Å². The summed E-state index contributed by atoms with van der Waals surface area (Å²) in [6, 6.07) is 0. The van der Waals surface area contributed by atoms with E-state index in [-0.39, 0.29) is 6.61 Å². The summed E-state index contributed by atoms with van der Waals surface area (Å²) in [5, 5.41) is 8.99. The molecular formula is C9H10N4O. The predicted octanol–water partition coefficient (Wildman–Crippen LogP) is 0.449. The molecule has 0 saturated heterocycles. The number of H-pyrrole nitrogens is 1. The van der Waals surface area contributed by atoms with E-state index in [0.717, 1.165) is 17.6 Å². The summed E-state index contributed by atoms with van der Waals surface area (Å²) in [7, 11) is 0. The Hall–Kier alpha value is -1.49. The number of rotatable bonds is 2. The van der Waals surface area contributed by atoms with Crippen LogP contribution in [0.25, 0.3) is 11.2 Å². The molecule has 5 heteroatoms. The van der Waals surface area contributed by atoms with Gasteiger partial charge in [-0.25, -0.2) is 15.0 Å². The topological polar surface area (TPSA) is 74.7 Å². The summed E-state index contributed by atoms with van der Waals surface area (Å²) in [5.74, 6) is 0.752. The lowest BCUT2D eigenvalue weighted by atomic mass is 10.2. The maximum Gasteiger partial charge on any atom is 0.180 e. The van der Waals surface area contributed by atoms with E-state index in [1.807, 2.05) is 0 Å². The predicted molar refractivity (Wildman–Crippen MR) is 49.6 cm³/mol. The number of aliphatic hydroxyl groups excluding tert-OH is 1. The van der Waals surface area contributed by atoms with Crippen LogP contribution in [0.2, 0.25) is 0 Å². The quantitative estimate of drug-likeness (QED) is 0.721. The van der Waals surface area contributed by atoms with Gasteiger partial charge < -0.3 is 10.1 Å². The molecule has 0 amide bonds. The van der Waals surface area contributed by atoms with E-state index in [1.54, 1.807) is 6.33 Å². The summed E-state index contributed by atoms with van der Waals surface area (Å²) < 4.78 is 0. The molecule has 1 fully saturated rings. The first kappa shape index (κ1) is 7.87. The van der Waals surface area contributed by atoms with Crippen molar-refractivity contribution in [3.8, 4) is 0 Å².